The lowest BCUT2D eigenvalue weighted by Crippen LogP contribution is -2.28. The summed E-state index contributed by atoms with van der Waals surface area (Å²) in [6.45, 7) is 1.28. The van der Waals surface area contributed by atoms with Crippen molar-refractivity contribution in [3.05, 3.63) is 54.1 Å². The number of para-hydroxylation sites is 1. The molecule has 1 heterocycles. The highest BCUT2D eigenvalue weighted by atomic mass is 16.5. The number of carbonyl (C=O) groups is 3. The van der Waals surface area contributed by atoms with Crippen LogP contribution in [0.1, 0.15) is 17.3 Å². The second-order valence-electron chi connectivity index (χ2n) is 6.59. The lowest BCUT2D eigenvalue weighted by Gasteiger charge is -2.06. The molecule has 0 spiro atoms. The first kappa shape index (κ1) is 22.5. The molecule has 0 aliphatic rings. The van der Waals surface area contributed by atoms with Crippen molar-refractivity contribution >= 4 is 34.4 Å². The Bertz CT molecular complexity index is 1180. The number of methoxy groups -OCH3 is 1. The standard InChI is InChI=1S/C22H22N4O6/c1-3-32-19(28)13-26-17-10-5-4-9-16(17)20(22(26)30)25-24-18(27)12-23-21(29)14-7-6-8-15(11-14)31-2/h4-11,30H,3,12-13H2,1-2H3,(H,23,29). The summed E-state index contributed by atoms with van der Waals surface area (Å²) in [5, 5.41) is 21.0. The molecular weight excluding hydrogens is 416 g/mol. The maximum absolute atomic E-state index is 12.2. The number of hydrogen-bond donors (Lipinski definition) is 2. The number of carbonyl (C=O) groups excluding carboxylic acids is 3. The van der Waals surface area contributed by atoms with Crippen molar-refractivity contribution in [3.63, 3.8) is 0 Å². The van der Waals surface area contributed by atoms with E-state index in [-0.39, 0.29) is 31.3 Å². The molecule has 1 aromatic heterocycles. The molecule has 0 unspecified atom stereocenters. The van der Waals surface area contributed by atoms with Crippen molar-refractivity contribution in [2.75, 3.05) is 20.3 Å². The highest BCUT2D eigenvalue weighted by molar-refractivity contribution is 5.98. The van der Waals surface area contributed by atoms with Crippen LogP contribution < -0.4 is 10.1 Å². The summed E-state index contributed by atoms with van der Waals surface area (Å²) < 4.78 is 11.3. The van der Waals surface area contributed by atoms with Crippen LogP contribution in [-0.4, -0.2) is 47.7 Å². The fourth-order valence-corrected chi connectivity index (χ4v) is 3.03. The first-order valence-electron chi connectivity index (χ1n) is 9.77. The fraction of sp³-hybridized carbons (Fsp3) is 0.227. The number of fused-ring (bicyclic) bond motifs is 1. The van der Waals surface area contributed by atoms with E-state index in [1.165, 1.54) is 17.7 Å². The van der Waals surface area contributed by atoms with Gasteiger partial charge in [-0.2, -0.15) is 0 Å². The molecule has 166 valence electrons. The van der Waals surface area contributed by atoms with Gasteiger partial charge in [-0.1, -0.05) is 24.3 Å². The number of aromatic hydroxyl groups is 1. The number of benzene rings is 2. The molecule has 0 saturated heterocycles. The summed E-state index contributed by atoms with van der Waals surface area (Å²) in [6, 6.07) is 13.3. The molecule has 32 heavy (non-hydrogen) atoms. The first-order valence-corrected chi connectivity index (χ1v) is 9.77. The Hall–Kier alpha value is -4.21. The minimum absolute atomic E-state index is 0.0392. The van der Waals surface area contributed by atoms with Crippen LogP contribution in [0.4, 0.5) is 5.69 Å². The van der Waals surface area contributed by atoms with E-state index in [1.54, 1.807) is 49.4 Å². The van der Waals surface area contributed by atoms with Gasteiger partial charge in [0.15, 0.2) is 5.69 Å². The van der Waals surface area contributed by atoms with E-state index in [4.69, 9.17) is 9.47 Å². The topological polar surface area (TPSA) is 132 Å². The van der Waals surface area contributed by atoms with E-state index in [1.807, 2.05) is 0 Å². The SMILES string of the molecule is CCOC(=O)Cn1c(O)c(N=NC(=O)CNC(=O)c2cccc(OC)c2)c2ccccc21. The van der Waals surface area contributed by atoms with Gasteiger partial charge in [0.1, 0.15) is 18.8 Å². The number of rotatable bonds is 8. The number of esters is 1. The number of azo groups is 1. The van der Waals surface area contributed by atoms with Crippen LogP contribution in [0.25, 0.3) is 10.9 Å². The Morgan fingerprint density at radius 3 is 2.66 bits per heavy atom. The second-order valence-corrected chi connectivity index (χ2v) is 6.59. The Kier molecular flexibility index (Phi) is 7.17. The van der Waals surface area contributed by atoms with Crippen molar-refractivity contribution in [1.82, 2.24) is 9.88 Å². The quantitative estimate of drug-likeness (QED) is 0.411. The monoisotopic (exact) mass is 438 g/mol. The molecule has 10 heteroatoms. The van der Waals surface area contributed by atoms with E-state index < -0.39 is 17.8 Å². The van der Waals surface area contributed by atoms with Crippen LogP contribution >= 0.6 is 0 Å². The summed E-state index contributed by atoms with van der Waals surface area (Å²) in [6.07, 6.45) is 0. The number of amides is 2. The smallest absolute Gasteiger partial charge is 0.326 e. The van der Waals surface area contributed by atoms with E-state index in [2.05, 4.69) is 15.5 Å². The van der Waals surface area contributed by atoms with Crippen LogP contribution in [-0.2, 0) is 20.9 Å². The van der Waals surface area contributed by atoms with Gasteiger partial charge < -0.3 is 19.9 Å². The first-order chi connectivity index (χ1) is 15.4. The minimum atomic E-state index is -0.720. The number of hydrogen-bond acceptors (Lipinski definition) is 7. The molecule has 0 radical (unpaired) electrons. The van der Waals surface area contributed by atoms with Crippen LogP contribution in [0.2, 0.25) is 0 Å². The minimum Gasteiger partial charge on any atom is -0.497 e. The van der Waals surface area contributed by atoms with Gasteiger partial charge in [0.2, 0.25) is 5.88 Å². The van der Waals surface area contributed by atoms with Gasteiger partial charge in [0, 0.05) is 10.9 Å². The Morgan fingerprint density at radius 1 is 1.12 bits per heavy atom. The largest absolute Gasteiger partial charge is 0.497 e. The summed E-state index contributed by atoms with van der Waals surface area (Å²) in [4.78, 5) is 36.2. The molecule has 0 atom stereocenters. The molecular formula is C22H22N4O6. The fourth-order valence-electron chi connectivity index (χ4n) is 3.03. The van der Waals surface area contributed by atoms with Gasteiger partial charge in [-0.15, -0.1) is 10.2 Å². The van der Waals surface area contributed by atoms with Crippen molar-refractivity contribution in [2.45, 2.75) is 13.5 Å². The Morgan fingerprint density at radius 2 is 1.91 bits per heavy atom. The van der Waals surface area contributed by atoms with E-state index in [0.717, 1.165) is 0 Å². The van der Waals surface area contributed by atoms with Gasteiger partial charge >= 0.3 is 5.97 Å². The highest BCUT2D eigenvalue weighted by Gasteiger charge is 2.19. The maximum Gasteiger partial charge on any atom is 0.326 e. The molecule has 0 aliphatic heterocycles. The average Bonchev–Trinajstić information content (AvgIpc) is 3.07. The predicted molar refractivity (Wildman–Crippen MR) is 115 cm³/mol. The maximum atomic E-state index is 12.2. The molecule has 0 bridgehead atoms. The average molecular weight is 438 g/mol. The number of aromatic nitrogens is 1. The molecule has 10 nitrogen and oxygen atoms in total. The summed E-state index contributed by atoms with van der Waals surface area (Å²) in [5.41, 5.74) is 0.900. The van der Waals surface area contributed by atoms with Crippen LogP contribution in [0.3, 0.4) is 0 Å². The lowest BCUT2D eigenvalue weighted by atomic mass is 10.2. The van der Waals surface area contributed by atoms with E-state index in [0.29, 0.717) is 22.2 Å². The van der Waals surface area contributed by atoms with Crippen molar-refractivity contribution in [1.29, 1.82) is 0 Å². The molecule has 0 fully saturated rings. The van der Waals surface area contributed by atoms with Gasteiger partial charge in [-0.25, -0.2) is 0 Å². The van der Waals surface area contributed by atoms with Crippen LogP contribution in [0, 0.1) is 0 Å². The normalized spacial score (nSPS) is 10.9. The molecule has 3 rings (SSSR count). The van der Waals surface area contributed by atoms with Crippen LogP contribution in [0.15, 0.2) is 58.8 Å². The van der Waals surface area contributed by atoms with Crippen molar-refractivity contribution < 1.29 is 29.0 Å². The molecule has 0 aliphatic carbocycles. The third kappa shape index (κ3) is 5.09. The molecule has 2 N–H and O–H groups in total. The van der Waals surface area contributed by atoms with Crippen LogP contribution in [0.5, 0.6) is 11.6 Å². The van der Waals surface area contributed by atoms with Gasteiger partial charge in [0.05, 0.1) is 19.2 Å². The van der Waals surface area contributed by atoms with Gasteiger partial charge in [0.25, 0.3) is 11.8 Å². The molecule has 3 aromatic rings. The second kappa shape index (κ2) is 10.2. The van der Waals surface area contributed by atoms with Gasteiger partial charge in [-0.05, 0) is 31.2 Å². The summed E-state index contributed by atoms with van der Waals surface area (Å²) in [5.74, 6) is -1.53. The Balaban J connectivity index is 1.73. The molecule has 2 aromatic carbocycles. The predicted octanol–water partition coefficient (Wildman–Crippen LogP) is 2.96. The summed E-state index contributed by atoms with van der Waals surface area (Å²) >= 11 is 0. The highest BCUT2D eigenvalue weighted by Crippen LogP contribution is 2.38. The van der Waals surface area contributed by atoms with E-state index in [9.17, 15) is 19.5 Å². The van der Waals surface area contributed by atoms with E-state index >= 15 is 0 Å². The molecule has 2 amide bonds. The van der Waals surface area contributed by atoms with Crippen molar-refractivity contribution in [2.24, 2.45) is 10.2 Å². The third-order valence-electron chi connectivity index (χ3n) is 4.50. The number of ether oxygens (including phenoxy) is 2. The lowest BCUT2D eigenvalue weighted by molar-refractivity contribution is -0.143. The Labute approximate surface area is 183 Å². The molecule has 0 saturated carbocycles. The zero-order valence-electron chi connectivity index (χ0n) is 17.6. The number of nitrogens with one attached hydrogen (secondary N) is 1. The zero-order chi connectivity index (χ0) is 23.1. The zero-order valence-corrected chi connectivity index (χ0v) is 17.6. The van der Waals surface area contributed by atoms with Crippen molar-refractivity contribution in [3.8, 4) is 11.6 Å². The van der Waals surface area contributed by atoms with Gasteiger partial charge in [-0.3, -0.25) is 19.0 Å². The third-order valence-corrected chi connectivity index (χ3v) is 4.50. The number of nitrogens with zero attached hydrogens (tertiary/aromatic N) is 3. The summed E-state index contributed by atoms with van der Waals surface area (Å²) in [7, 11) is 1.49.